The molecule has 0 spiro atoms. The zero-order chi connectivity index (χ0) is 12.1. The summed E-state index contributed by atoms with van der Waals surface area (Å²) < 4.78 is 1.35. The fourth-order valence-corrected chi connectivity index (χ4v) is 1.47. The number of nitrogens with zero attached hydrogens (tertiary/aromatic N) is 3. The fourth-order valence-electron chi connectivity index (χ4n) is 1.47. The molecule has 17 heavy (non-hydrogen) atoms. The quantitative estimate of drug-likeness (QED) is 0.584. The van der Waals surface area contributed by atoms with Gasteiger partial charge in [-0.05, 0) is 12.8 Å². The molecule has 0 aromatic carbocycles. The zero-order valence-corrected chi connectivity index (χ0v) is 9.31. The van der Waals surface area contributed by atoms with Crippen molar-refractivity contribution in [2.75, 3.05) is 11.9 Å². The Bertz CT molecular complexity index is 592. The molecule has 0 aliphatic rings. The summed E-state index contributed by atoms with van der Waals surface area (Å²) in [6, 6.07) is 1.72. The second kappa shape index (κ2) is 5.16. The van der Waals surface area contributed by atoms with Gasteiger partial charge >= 0.3 is 5.69 Å². The number of rotatable bonds is 5. The number of terminal acetylenes is 1. The minimum atomic E-state index is -0.284. The summed E-state index contributed by atoms with van der Waals surface area (Å²) in [6.45, 7) is 0.805. The van der Waals surface area contributed by atoms with Gasteiger partial charge in [0.2, 0.25) is 0 Å². The highest BCUT2D eigenvalue weighted by atomic mass is 16.1. The van der Waals surface area contributed by atoms with Gasteiger partial charge in [0.05, 0.1) is 0 Å². The molecule has 0 radical (unpaired) electrons. The van der Waals surface area contributed by atoms with Gasteiger partial charge in [0.15, 0.2) is 5.65 Å². The molecular weight excluding hydrogens is 218 g/mol. The predicted octanol–water partition coefficient (Wildman–Crippen LogP) is 0.633. The number of aromatic amines is 1. The third-order valence-corrected chi connectivity index (χ3v) is 2.36. The largest absolute Gasteiger partial charge is 0.370 e. The van der Waals surface area contributed by atoms with E-state index in [9.17, 15) is 4.79 Å². The highest BCUT2D eigenvalue weighted by molar-refractivity contribution is 5.48. The van der Waals surface area contributed by atoms with Crippen molar-refractivity contribution in [3.05, 3.63) is 22.9 Å². The molecule has 2 N–H and O–H groups in total. The fraction of sp³-hybridized carbons (Fsp3) is 0.364. The molecule has 0 unspecified atom stereocenters. The Balaban J connectivity index is 1.96. The van der Waals surface area contributed by atoms with E-state index in [0.29, 0.717) is 11.5 Å². The minimum Gasteiger partial charge on any atom is -0.370 e. The lowest BCUT2D eigenvalue weighted by molar-refractivity contribution is 0.787. The van der Waals surface area contributed by atoms with Crippen molar-refractivity contribution in [1.82, 2.24) is 19.6 Å². The van der Waals surface area contributed by atoms with Crippen molar-refractivity contribution in [1.29, 1.82) is 0 Å². The monoisotopic (exact) mass is 231 g/mol. The number of fused-ring (bicyclic) bond motifs is 1. The van der Waals surface area contributed by atoms with E-state index in [-0.39, 0.29) is 5.69 Å². The minimum absolute atomic E-state index is 0.284. The molecule has 0 bridgehead atoms. The smallest absolute Gasteiger partial charge is 0.348 e. The summed E-state index contributed by atoms with van der Waals surface area (Å²) in [5, 5.41) is 9.37. The summed E-state index contributed by atoms with van der Waals surface area (Å²) in [7, 11) is 0. The molecule has 2 aromatic rings. The van der Waals surface area contributed by atoms with E-state index in [1.54, 1.807) is 6.07 Å². The highest BCUT2D eigenvalue weighted by Crippen LogP contribution is 2.04. The standard InChI is InChI=1S/C11H13N5O/c1-2-3-4-5-6-12-9-7-10-14-15-11(17)16(10)8-13-9/h1,7-8,12H,3-6H2,(H,15,17). The van der Waals surface area contributed by atoms with Crippen LogP contribution in [0.1, 0.15) is 19.3 Å². The Hall–Kier alpha value is -2.29. The van der Waals surface area contributed by atoms with Crippen LogP contribution in [0.25, 0.3) is 5.65 Å². The third-order valence-electron chi connectivity index (χ3n) is 2.36. The van der Waals surface area contributed by atoms with E-state index < -0.39 is 0 Å². The normalized spacial score (nSPS) is 10.3. The van der Waals surface area contributed by atoms with E-state index in [1.165, 1.54) is 10.7 Å². The predicted molar refractivity (Wildman–Crippen MR) is 64.8 cm³/mol. The van der Waals surface area contributed by atoms with Crippen LogP contribution >= 0.6 is 0 Å². The Labute approximate surface area is 98.1 Å². The Morgan fingerprint density at radius 3 is 3.24 bits per heavy atom. The average Bonchev–Trinajstić information content (AvgIpc) is 2.71. The van der Waals surface area contributed by atoms with Gasteiger partial charge in [0.1, 0.15) is 12.1 Å². The van der Waals surface area contributed by atoms with E-state index >= 15 is 0 Å². The molecular formula is C11H13N5O. The summed E-state index contributed by atoms with van der Waals surface area (Å²) in [5.41, 5.74) is 0.268. The van der Waals surface area contributed by atoms with Crippen LogP contribution in [-0.4, -0.2) is 26.1 Å². The molecule has 0 aliphatic heterocycles. The number of H-pyrrole nitrogens is 1. The first-order valence-corrected chi connectivity index (χ1v) is 5.41. The zero-order valence-electron chi connectivity index (χ0n) is 9.31. The number of unbranched alkanes of at least 4 members (excludes halogenated alkanes) is 2. The van der Waals surface area contributed by atoms with E-state index in [1.807, 2.05) is 0 Å². The molecule has 0 fully saturated rings. The lowest BCUT2D eigenvalue weighted by Crippen LogP contribution is -2.10. The molecule has 0 atom stereocenters. The molecule has 88 valence electrons. The summed E-state index contributed by atoms with van der Waals surface area (Å²) in [4.78, 5) is 15.3. The van der Waals surface area contributed by atoms with Crippen LogP contribution in [0.3, 0.4) is 0 Å². The molecule has 2 heterocycles. The number of aromatic nitrogens is 4. The maximum absolute atomic E-state index is 11.2. The first-order chi connectivity index (χ1) is 8.31. The topological polar surface area (TPSA) is 75.1 Å². The van der Waals surface area contributed by atoms with Crippen LogP contribution < -0.4 is 11.0 Å². The molecule has 0 amide bonds. The molecule has 2 rings (SSSR count). The maximum atomic E-state index is 11.2. The summed E-state index contributed by atoms with van der Waals surface area (Å²) in [6.07, 6.45) is 9.39. The average molecular weight is 231 g/mol. The third kappa shape index (κ3) is 2.64. The Morgan fingerprint density at radius 2 is 2.41 bits per heavy atom. The second-order valence-electron chi connectivity index (χ2n) is 3.62. The van der Waals surface area contributed by atoms with Gasteiger partial charge in [-0.25, -0.2) is 19.3 Å². The molecule has 0 aliphatic carbocycles. The number of nitrogens with one attached hydrogen (secondary N) is 2. The molecule has 0 saturated carbocycles. The van der Waals surface area contributed by atoms with Gasteiger partial charge in [-0.1, -0.05) is 0 Å². The van der Waals surface area contributed by atoms with Gasteiger partial charge in [-0.2, -0.15) is 5.10 Å². The number of anilines is 1. The lowest BCUT2D eigenvalue weighted by atomic mass is 10.2. The number of hydrogen-bond donors (Lipinski definition) is 2. The Morgan fingerprint density at radius 1 is 1.53 bits per heavy atom. The highest BCUT2D eigenvalue weighted by Gasteiger charge is 2.01. The van der Waals surface area contributed by atoms with Gasteiger partial charge in [-0.15, -0.1) is 12.3 Å². The summed E-state index contributed by atoms with van der Waals surface area (Å²) >= 11 is 0. The molecule has 0 saturated heterocycles. The lowest BCUT2D eigenvalue weighted by Gasteiger charge is -2.03. The molecule has 2 aromatic heterocycles. The Kier molecular flexibility index (Phi) is 3.40. The molecule has 6 nitrogen and oxygen atoms in total. The first-order valence-electron chi connectivity index (χ1n) is 5.41. The van der Waals surface area contributed by atoms with Crippen molar-refractivity contribution < 1.29 is 0 Å². The van der Waals surface area contributed by atoms with Crippen molar-refractivity contribution in [3.8, 4) is 12.3 Å². The summed E-state index contributed by atoms with van der Waals surface area (Å²) in [5.74, 6) is 3.30. The van der Waals surface area contributed by atoms with Crippen molar-refractivity contribution >= 4 is 11.5 Å². The van der Waals surface area contributed by atoms with Crippen LogP contribution in [0.15, 0.2) is 17.2 Å². The van der Waals surface area contributed by atoms with Crippen LogP contribution in [-0.2, 0) is 0 Å². The SMILES string of the molecule is C#CCCCCNc1cc2n[nH]c(=O)n2cn1. The molecule has 6 heteroatoms. The van der Waals surface area contributed by atoms with Gasteiger partial charge < -0.3 is 5.32 Å². The van der Waals surface area contributed by atoms with Gasteiger partial charge in [0, 0.05) is 19.0 Å². The van der Waals surface area contributed by atoms with Crippen molar-refractivity contribution in [2.24, 2.45) is 0 Å². The first kappa shape index (κ1) is 11.2. The van der Waals surface area contributed by atoms with Crippen LogP contribution in [0.5, 0.6) is 0 Å². The second-order valence-corrected chi connectivity index (χ2v) is 3.62. The van der Waals surface area contributed by atoms with Gasteiger partial charge in [-0.3, -0.25) is 0 Å². The van der Waals surface area contributed by atoms with E-state index in [2.05, 4.69) is 26.4 Å². The van der Waals surface area contributed by atoms with Crippen molar-refractivity contribution in [3.63, 3.8) is 0 Å². The van der Waals surface area contributed by atoms with Crippen LogP contribution in [0, 0.1) is 12.3 Å². The van der Waals surface area contributed by atoms with Gasteiger partial charge in [0.25, 0.3) is 0 Å². The maximum Gasteiger partial charge on any atom is 0.348 e. The van der Waals surface area contributed by atoms with E-state index in [0.717, 1.165) is 25.8 Å². The van der Waals surface area contributed by atoms with E-state index in [4.69, 9.17) is 6.42 Å². The van der Waals surface area contributed by atoms with Crippen molar-refractivity contribution in [2.45, 2.75) is 19.3 Å². The van der Waals surface area contributed by atoms with Crippen LogP contribution in [0.4, 0.5) is 5.82 Å². The number of hydrogen-bond acceptors (Lipinski definition) is 4. The van der Waals surface area contributed by atoms with Crippen LogP contribution in [0.2, 0.25) is 0 Å².